The summed E-state index contributed by atoms with van der Waals surface area (Å²) in [6.07, 6.45) is 0.659. The van der Waals surface area contributed by atoms with Crippen LogP contribution in [0.1, 0.15) is 33.4 Å². The third-order valence-electron chi connectivity index (χ3n) is 6.74. The summed E-state index contributed by atoms with van der Waals surface area (Å²) in [7, 11) is -1.61. The van der Waals surface area contributed by atoms with E-state index >= 15 is 0 Å². The number of hydrogen-bond donors (Lipinski definition) is 1. The van der Waals surface area contributed by atoms with E-state index in [1.54, 1.807) is 54.8 Å². The van der Waals surface area contributed by atoms with Crippen molar-refractivity contribution in [2.45, 2.75) is 39.5 Å². The van der Waals surface area contributed by atoms with Gasteiger partial charge >= 0.3 is 13.7 Å². The molecule has 14 nitrogen and oxygen atoms in total. The summed E-state index contributed by atoms with van der Waals surface area (Å²) in [6, 6.07) is 17.7. The maximum absolute atomic E-state index is 13.7. The van der Waals surface area contributed by atoms with Crippen LogP contribution in [0.5, 0.6) is 5.88 Å². The van der Waals surface area contributed by atoms with Crippen molar-refractivity contribution in [3.8, 4) is 5.88 Å². The minimum Gasteiger partial charge on any atom is -0.388 e. The lowest BCUT2D eigenvalue weighted by atomic mass is 10.2. The Labute approximate surface area is 254 Å². The Morgan fingerprint density at radius 2 is 1.64 bits per heavy atom. The molecule has 0 saturated carbocycles. The molecular weight excluding hydrogens is 589 g/mol. The van der Waals surface area contributed by atoms with E-state index in [-0.39, 0.29) is 48.4 Å². The Morgan fingerprint density at radius 1 is 1.02 bits per heavy atom. The fraction of sp³-hybridized carbons (Fsp3) is 0.345. The molecule has 2 amide bonds. The van der Waals surface area contributed by atoms with E-state index in [0.717, 1.165) is 0 Å². The predicted molar refractivity (Wildman–Crippen MR) is 163 cm³/mol. The highest BCUT2D eigenvalue weighted by Crippen LogP contribution is 2.51. The summed E-state index contributed by atoms with van der Waals surface area (Å²) in [4.78, 5) is 46.4. The number of ether oxygens (including phenoxy) is 1. The fourth-order valence-corrected chi connectivity index (χ4v) is 6.85. The van der Waals surface area contributed by atoms with Crippen molar-refractivity contribution in [3.63, 3.8) is 0 Å². The average Bonchev–Trinajstić information content (AvgIpc) is 3.57. The number of aromatic nitrogens is 4. The number of anilines is 3. The normalized spacial score (nSPS) is 17.1. The van der Waals surface area contributed by atoms with Crippen LogP contribution in [-0.2, 0) is 23.2 Å². The summed E-state index contributed by atoms with van der Waals surface area (Å²) in [5, 5.41) is 4.17. The van der Waals surface area contributed by atoms with Gasteiger partial charge in [-0.1, -0.05) is 36.4 Å². The third-order valence-corrected chi connectivity index (χ3v) is 8.92. The van der Waals surface area contributed by atoms with Gasteiger partial charge < -0.3 is 13.8 Å². The molecule has 1 aliphatic heterocycles. The standard InChI is InChI=1S/C29H34N7O7P/c1-5-40-44(39,41-6-2)18-23-17-24(43-34(23)4)35-19-30-25-26(35)32-28(31-20(3)37)33-27(25)42-29(38)36(21-13-9-7-10-14-21)22-15-11-8-12-16-22/h7-16,19,23-24H,5-6,17-18H2,1-4H3,(H,31,32,33,37)/t23-,24+/m1/s1. The maximum Gasteiger partial charge on any atom is 0.425 e. The molecule has 0 unspecified atom stereocenters. The molecule has 15 heteroatoms. The van der Waals surface area contributed by atoms with Crippen LogP contribution in [-0.4, -0.2) is 69.0 Å². The second kappa shape index (κ2) is 13.6. The van der Waals surface area contributed by atoms with E-state index in [1.807, 2.05) is 36.4 Å². The van der Waals surface area contributed by atoms with E-state index in [9.17, 15) is 14.2 Å². The van der Waals surface area contributed by atoms with Gasteiger partial charge in [0, 0.05) is 20.4 Å². The van der Waals surface area contributed by atoms with E-state index in [2.05, 4.69) is 20.3 Å². The lowest BCUT2D eigenvalue weighted by Gasteiger charge is -2.22. The van der Waals surface area contributed by atoms with Crippen LogP contribution in [0.15, 0.2) is 67.0 Å². The number of carbonyl (C=O) groups excluding carboxylic acids is 2. The number of amides is 2. The van der Waals surface area contributed by atoms with Gasteiger partial charge in [0.25, 0.3) is 5.88 Å². The van der Waals surface area contributed by atoms with Crippen LogP contribution >= 0.6 is 7.60 Å². The molecule has 44 heavy (non-hydrogen) atoms. The van der Waals surface area contributed by atoms with Crippen molar-refractivity contribution in [2.24, 2.45) is 0 Å². The number of nitrogens with one attached hydrogen (secondary N) is 1. The fourth-order valence-electron chi connectivity index (χ4n) is 4.88. The number of fused-ring (bicyclic) bond motifs is 1. The number of carbonyl (C=O) groups is 2. The molecule has 4 aromatic rings. The van der Waals surface area contributed by atoms with Crippen molar-refractivity contribution in [2.75, 3.05) is 36.6 Å². The Morgan fingerprint density at radius 3 is 2.20 bits per heavy atom. The lowest BCUT2D eigenvalue weighted by molar-refractivity contribution is -0.162. The molecule has 2 aromatic carbocycles. The van der Waals surface area contributed by atoms with Crippen molar-refractivity contribution in [1.82, 2.24) is 24.6 Å². The first kappa shape index (κ1) is 31.2. The van der Waals surface area contributed by atoms with Gasteiger partial charge in [-0.05, 0) is 38.1 Å². The van der Waals surface area contributed by atoms with Crippen molar-refractivity contribution in [1.29, 1.82) is 0 Å². The van der Waals surface area contributed by atoms with E-state index in [0.29, 0.717) is 17.8 Å². The van der Waals surface area contributed by atoms with Crippen LogP contribution < -0.4 is 15.0 Å². The maximum atomic E-state index is 13.7. The van der Waals surface area contributed by atoms with E-state index < -0.39 is 25.8 Å². The van der Waals surface area contributed by atoms with Gasteiger partial charge in [-0.3, -0.25) is 24.1 Å². The summed E-state index contributed by atoms with van der Waals surface area (Å²) in [5.74, 6) is -0.650. The van der Waals surface area contributed by atoms with Crippen LogP contribution in [0, 0.1) is 0 Å². The predicted octanol–water partition coefficient (Wildman–Crippen LogP) is 5.52. The Kier molecular flexibility index (Phi) is 9.67. The smallest absolute Gasteiger partial charge is 0.388 e. The number of nitrogens with zero attached hydrogens (tertiary/aromatic N) is 6. The molecule has 1 saturated heterocycles. The zero-order valence-corrected chi connectivity index (χ0v) is 25.7. The van der Waals surface area contributed by atoms with Gasteiger partial charge in [0.2, 0.25) is 11.9 Å². The van der Waals surface area contributed by atoms with Crippen molar-refractivity contribution < 1.29 is 32.8 Å². The minimum atomic E-state index is -3.35. The molecular formula is C29H34N7O7P. The molecule has 3 heterocycles. The summed E-state index contributed by atoms with van der Waals surface area (Å²) < 4.78 is 31.7. The first-order valence-corrected chi connectivity index (χ1v) is 15.9. The highest BCUT2D eigenvalue weighted by molar-refractivity contribution is 7.53. The molecule has 0 radical (unpaired) electrons. The van der Waals surface area contributed by atoms with Crippen LogP contribution in [0.3, 0.4) is 0 Å². The molecule has 0 bridgehead atoms. The van der Waals surface area contributed by atoms with Crippen molar-refractivity contribution >= 4 is 48.1 Å². The largest absolute Gasteiger partial charge is 0.425 e. The van der Waals surface area contributed by atoms with Gasteiger partial charge in [0.05, 0.1) is 43.1 Å². The van der Waals surface area contributed by atoms with Crippen LogP contribution in [0.25, 0.3) is 11.2 Å². The number of para-hydroxylation sites is 2. The molecule has 232 valence electrons. The first-order valence-electron chi connectivity index (χ1n) is 14.1. The molecule has 1 aliphatic rings. The molecule has 1 N–H and O–H groups in total. The summed E-state index contributed by atoms with van der Waals surface area (Å²) in [6.45, 7) is 5.34. The highest BCUT2D eigenvalue weighted by atomic mass is 31.2. The number of hydroxylamine groups is 2. The summed E-state index contributed by atoms with van der Waals surface area (Å²) in [5.41, 5.74) is 1.59. The zero-order valence-electron chi connectivity index (χ0n) is 24.8. The monoisotopic (exact) mass is 623 g/mol. The third kappa shape index (κ3) is 6.95. The molecule has 1 fully saturated rings. The zero-order chi connectivity index (χ0) is 31.3. The van der Waals surface area contributed by atoms with Crippen LogP contribution in [0.2, 0.25) is 0 Å². The number of rotatable bonds is 11. The summed E-state index contributed by atoms with van der Waals surface area (Å²) >= 11 is 0. The number of imidazole rings is 1. The average molecular weight is 624 g/mol. The van der Waals surface area contributed by atoms with E-state index in [1.165, 1.54) is 18.2 Å². The quantitative estimate of drug-likeness (QED) is 0.210. The van der Waals surface area contributed by atoms with Crippen molar-refractivity contribution in [3.05, 3.63) is 67.0 Å². The first-order chi connectivity index (χ1) is 21.2. The van der Waals surface area contributed by atoms with Gasteiger partial charge in [-0.15, -0.1) is 0 Å². The van der Waals surface area contributed by atoms with Gasteiger partial charge in [0.1, 0.15) is 0 Å². The Balaban J connectivity index is 1.48. The Hall–Kier alpha value is -4.20. The second-order valence-electron chi connectivity index (χ2n) is 9.86. The minimum absolute atomic E-state index is 0.0828. The Bertz CT molecular complexity index is 1600. The highest BCUT2D eigenvalue weighted by Gasteiger charge is 2.39. The number of benzene rings is 2. The van der Waals surface area contributed by atoms with Crippen LogP contribution in [0.4, 0.5) is 22.1 Å². The number of hydrogen-bond acceptors (Lipinski definition) is 11. The van der Waals surface area contributed by atoms with Gasteiger partial charge in [-0.25, -0.2) is 14.7 Å². The second-order valence-corrected chi connectivity index (χ2v) is 12.0. The van der Waals surface area contributed by atoms with Gasteiger partial charge in [-0.2, -0.15) is 15.0 Å². The SMILES string of the molecule is CCOP(=O)(C[C@H]1C[C@@H](n2cnc3c(OC(=O)N(c4ccccc4)c4ccccc4)nc(NC(C)=O)nc32)ON1C)OCC. The molecule has 0 aliphatic carbocycles. The van der Waals surface area contributed by atoms with E-state index in [4.69, 9.17) is 18.6 Å². The van der Waals surface area contributed by atoms with Gasteiger partial charge in [0.15, 0.2) is 17.4 Å². The molecule has 0 spiro atoms. The lowest BCUT2D eigenvalue weighted by Crippen LogP contribution is -2.29. The topological polar surface area (TPSA) is 150 Å². The molecule has 2 aromatic heterocycles. The molecule has 2 atom stereocenters. The molecule has 5 rings (SSSR count).